The molecule has 0 aliphatic rings. The van der Waals surface area contributed by atoms with E-state index in [-0.39, 0.29) is 17.0 Å². The van der Waals surface area contributed by atoms with Crippen LogP contribution in [0.2, 0.25) is 0 Å². The number of aromatic nitrogens is 1. The van der Waals surface area contributed by atoms with E-state index < -0.39 is 5.60 Å². The minimum absolute atomic E-state index is 0.112. The normalized spacial score (nSPS) is 11.2. The number of esters is 1. The first-order valence-corrected chi connectivity index (χ1v) is 7.56. The van der Waals surface area contributed by atoms with Crippen LogP contribution in [0.25, 0.3) is 10.9 Å². The van der Waals surface area contributed by atoms with E-state index in [2.05, 4.69) is 0 Å². The molecular formula is C18H20N2O3. The van der Waals surface area contributed by atoms with E-state index in [0.29, 0.717) is 24.8 Å². The molecule has 0 saturated carbocycles. The molecule has 5 nitrogen and oxygen atoms in total. The lowest BCUT2D eigenvalue weighted by Crippen LogP contribution is -2.24. The topological polar surface area (TPSA) is 72.1 Å². The third-order valence-electron chi connectivity index (χ3n) is 3.31. The fourth-order valence-corrected chi connectivity index (χ4v) is 2.40. The number of carbonyl (C=O) groups is 1. The van der Waals surface area contributed by atoms with Crippen molar-refractivity contribution in [1.29, 1.82) is 5.26 Å². The number of para-hydroxylation sites is 1. The van der Waals surface area contributed by atoms with Crippen molar-refractivity contribution in [2.45, 2.75) is 45.8 Å². The van der Waals surface area contributed by atoms with Gasteiger partial charge in [0, 0.05) is 24.5 Å². The summed E-state index contributed by atoms with van der Waals surface area (Å²) in [4.78, 5) is 23.9. The van der Waals surface area contributed by atoms with Crippen LogP contribution in [-0.4, -0.2) is 16.1 Å². The highest BCUT2D eigenvalue weighted by Gasteiger charge is 2.16. The lowest BCUT2D eigenvalue weighted by molar-refractivity contribution is -0.154. The van der Waals surface area contributed by atoms with Crippen LogP contribution in [-0.2, 0) is 16.1 Å². The molecule has 0 aliphatic carbocycles. The summed E-state index contributed by atoms with van der Waals surface area (Å²) in [5, 5.41) is 9.62. The van der Waals surface area contributed by atoms with Crippen LogP contribution in [0.4, 0.5) is 0 Å². The Morgan fingerprint density at radius 2 is 2.00 bits per heavy atom. The molecule has 0 amide bonds. The highest BCUT2D eigenvalue weighted by atomic mass is 16.6. The molecule has 0 spiro atoms. The van der Waals surface area contributed by atoms with E-state index in [4.69, 9.17) is 10.00 Å². The number of fused-ring (bicyclic) bond motifs is 1. The number of aryl methyl sites for hydroxylation is 1. The van der Waals surface area contributed by atoms with Crippen molar-refractivity contribution in [3.05, 3.63) is 46.2 Å². The summed E-state index contributed by atoms with van der Waals surface area (Å²) in [7, 11) is 0. The summed E-state index contributed by atoms with van der Waals surface area (Å²) in [5.41, 5.74) is 0.128. The van der Waals surface area contributed by atoms with Gasteiger partial charge in [-0.3, -0.25) is 9.59 Å². The molecule has 0 bridgehead atoms. The Hall–Kier alpha value is -2.61. The highest BCUT2D eigenvalue weighted by molar-refractivity contribution is 5.80. The van der Waals surface area contributed by atoms with Gasteiger partial charge < -0.3 is 9.30 Å². The van der Waals surface area contributed by atoms with Crippen LogP contribution in [0, 0.1) is 11.3 Å². The first kappa shape index (κ1) is 16.8. The zero-order chi connectivity index (χ0) is 17.0. The smallest absolute Gasteiger partial charge is 0.306 e. The molecule has 0 aliphatic heterocycles. The van der Waals surface area contributed by atoms with Crippen molar-refractivity contribution in [2.75, 3.05) is 0 Å². The maximum absolute atomic E-state index is 12.1. The van der Waals surface area contributed by atoms with Crippen molar-refractivity contribution < 1.29 is 9.53 Å². The summed E-state index contributed by atoms with van der Waals surface area (Å²) in [6.07, 6.45) is 2.42. The van der Waals surface area contributed by atoms with Gasteiger partial charge in [-0.2, -0.15) is 5.26 Å². The Kier molecular flexibility index (Phi) is 4.85. The van der Waals surface area contributed by atoms with E-state index in [1.54, 1.807) is 18.3 Å². The molecule has 0 N–H and O–H groups in total. The largest absolute Gasteiger partial charge is 0.460 e. The van der Waals surface area contributed by atoms with Gasteiger partial charge in [0.15, 0.2) is 0 Å². The maximum atomic E-state index is 12.1. The quantitative estimate of drug-likeness (QED) is 0.814. The van der Waals surface area contributed by atoms with Crippen molar-refractivity contribution >= 4 is 16.9 Å². The first-order valence-electron chi connectivity index (χ1n) is 7.56. The number of pyridine rings is 1. The molecule has 2 aromatic rings. The number of nitriles is 1. The van der Waals surface area contributed by atoms with Crippen LogP contribution in [0.5, 0.6) is 0 Å². The Morgan fingerprint density at radius 3 is 2.65 bits per heavy atom. The number of nitrogens with zero attached hydrogens (tertiary/aromatic N) is 2. The molecule has 0 radical (unpaired) electrons. The first-order chi connectivity index (χ1) is 10.8. The van der Waals surface area contributed by atoms with E-state index in [9.17, 15) is 9.59 Å². The van der Waals surface area contributed by atoms with E-state index in [1.165, 1.54) is 0 Å². The van der Waals surface area contributed by atoms with E-state index >= 15 is 0 Å². The average molecular weight is 312 g/mol. The van der Waals surface area contributed by atoms with Crippen molar-refractivity contribution in [3.63, 3.8) is 0 Å². The standard InChI is InChI=1S/C18H20N2O3/c1-18(2,3)23-16(21)9-6-10-20-12-13(11-19)17(22)14-7-4-5-8-15(14)20/h4-5,7-8,12H,6,9-10H2,1-3H3. The van der Waals surface area contributed by atoms with Gasteiger partial charge in [0.2, 0.25) is 5.43 Å². The summed E-state index contributed by atoms with van der Waals surface area (Å²) in [5.74, 6) is -0.247. The van der Waals surface area contributed by atoms with Gasteiger partial charge in [0.05, 0.1) is 5.52 Å². The molecule has 120 valence electrons. The molecular weight excluding hydrogens is 292 g/mol. The molecule has 0 atom stereocenters. The summed E-state index contributed by atoms with van der Waals surface area (Å²) < 4.78 is 7.12. The van der Waals surface area contributed by atoms with Crippen LogP contribution in [0.3, 0.4) is 0 Å². The predicted molar refractivity (Wildman–Crippen MR) is 88.0 cm³/mol. The summed E-state index contributed by atoms with van der Waals surface area (Å²) >= 11 is 0. The molecule has 2 rings (SSSR count). The Bertz CT molecular complexity index is 823. The number of benzene rings is 1. The molecule has 1 aromatic heterocycles. The Morgan fingerprint density at radius 1 is 1.30 bits per heavy atom. The number of hydrogen-bond acceptors (Lipinski definition) is 4. The predicted octanol–water partition coefficient (Wildman–Crippen LogP) is 3.00. The fourth-order valence-electron chi connectivity index (χ4n) is 2.40. The molecule has 1 aromatic carbocycles. The molecule has 23 heavy (non-hydrogen) atoms. The lowest BCUT2D eigenvalue weighted by Gasteiger charge is -2.19. The van der Waals surface area contributed by atoms with Crippen LogP contribution < -0.4 is 5.43 Å². The average Bonchev–Trinajstić information content (AvgIpc) is 2.48. The van der Waals surface area contributed by atoms with Gasteiger partial charge in [0.25, 0.3) is 0 Å². The number of carbonyl (C=O) groups excluding carboxylic acids is 1. The van der Waals surface area contributed by atoms with Crippen LogP contribution in [0.15, 0.2) is 35.3 Å². The van der Waals surface area contributed by atoms with Gasteiger partial charge in [-0.05, 0) is 39.3 Å². The van der Waals surface area contributed by atoms with Gasteiger partial charge in [-0.15, -0.1) is 0 Å². The van der Waals surface area contributed by atoms with Crippen molar-refractivity contribution in [3.8, 4) is 6.07 Å². The SMILES string of the molecule is CC(C)(C)OC(=O)CCCn1cc(C#N)c(=O)c2ccccc21. The van der Waals surface area contributed by atoms with E-state index in [0.717, 1.165) is 5.52 Å². The highest BCUT2D eigenvalue weighted by Crippen LogP contribution is 2.14. The van der Waals surface area contributed by atoms with Gasteiger partial charge >= 0.3 is 5.97 Å². The third kappa shape index (κ3) is 4.19. The minimum Gasteiger partial charge on any atom is -0.460 e. The van der Waals surface area contributed by atoms with Crippen molar-refractivity contribution in [2.24, 2.45) is 0 Å². The zero-order valence-corrected chi connectivity index (χ0v) is 13.6. The lowest BCUT2D eigenvalue weighted by atomic mass is 10.1. The zero-order valence-electron chi connectivity index (χ0n) is 13.6. The second-order valence-electron chi connectivity index (χ2n) is 6.38. The fraction of sp³-hybridized carbons (Fsp3) is 0.389. The summed E-state index contributed by atoms with van der Waals surface area (Å²) in [6, 6.07) is 9.10. The molecule has 1 heterocycles. The van der Waals surface area contributed by atoms with Gasteiger partial charge in [-0.1, -0.05) is 12.1 Å². The van der Waals surface area contributed by atoms with Crippen LogP contribution in [0.1, 0.15) is 39.2 Å². The number of hydrogen-bond donors (Lipinski definition) is 0. The van der Waals surface area contributed by atoms with E-state index in [1.807, 2.05) is 43.5 Å². The van der Waals surface area contributed by atoms with Gasteiger partial charge in [-0.25, -0.2) is 0 Å². The molecule has 0 unspecified atom stereocenters. The van der Waals surface area contributed by atoms with Crippen LogP contribution >= 0.6 is 0 Å². The summed E-state index contributed by atoms with van der Waals surface area (Å²) in [6.45, 7) is 6.03. The monoisotopic (exact) mass is 312 g/mol. The maximum Gasteiger partial charge on any atom is 0.306 e. The number of rotatable bonds is 4. The molecule has 0 saturated heterocycles. The Balaban J connectivity index is 2.18. The molecule has 5 heteroatoms. The molecule has 0 fully saturated rings. The second kappa shape index (κ2) is 6.66. The Labute approximate surface area is 135 Å². The second-order valence-corrected chi connectivity index (χ2v) is 6.38. The minimum atomic E-state index is -0.491. The van der Waals surface area contributed by atoms with Crippen molar-refractivity contribution in [1.82, 2.24) is 4.57 Å². The number of ether oxygens (including phenoxy) is 1. The third-order valence-corrected chi connectivity index (χ3v) is 3.31. The van der Waals surface area contributed by atoms with Gasteiger partial charge in [0.1, 0.15) is 17.2 Å².